The average molecular weight is 518 g/mol. The second-order valence-electron chi connectivity index (χ2n) is 7.22. The SMILES string of the molecule is NC(=O)Cn1c(=O)[nH]c(=O)c2c1nc(N1CCNCC1)n2-c1ccccc1Cl.O=C(O)C(F)(F)F. The molecule has 35 heavy (non-hydrogen) atoms. The number of rotatable bonds is 4. The summed E-state index contributed by atoms with van der Waals surface area (Å²) in [5.74, 6) is -3.00. The number of H-pyrrole nitrogens is 1. The third kappa shape index (κ3) is 5.63. The molecular formula is C19H19ClF3N7O5. The zero-order valence-electron chi connectivity index (χ0n) is 17.8. The van der Waals surface area contributed by atoms with Gasteiger partial charge in [0.1, 0.15) is 6.54 Å². The lowest BCUT2D eigenvalue weighted by molar-refractivity contribution is -0.192. The van der Waals surface area contributed by atoms with E-state index >= 15 is 0 Å². The zero-order valence-corrected chi connectivity index (χ0v) is 18.6. The number of hydrogen-bond donors (Lipinski definition) is 4. The predicted molar refractivity (Wildman–Crippen MR) is 119 cm³/mol. The molecule has 0 radical (unpaired) electrons. The molecule has 1 aromatic carbocycles. The van der Waals surface area contributed by atoms with Gasteiger partial charge in [0.05, 0.1) is 10.7 Å². The highest BCUT2D eigenvalue weighted by Crippen LogP contribution is 2.29. The molecule has 1 amide bonds. The molecule has 16 heteroatoms. The molecule has 3 heterocycles. The molecular weight excluding hydrogens is 499 g/mol. The molecule has 3 aromatic rings. The number of fused-ring (bicyclic) bond motifs is 1. The van der Waals surface area contributed by atoms with Gasteiger partial charge in [-0.3, -0.25) is 23.7 Å². The Bertz CT molecular complexity index is 1380. The Morgan fingerprint density at radius 3 is 2.31 bits per heavy atom. The van der Waals surface area contributed by atoms with Crippen LogP contribution in [0.2, 0.25) is 5.02 Å². The van der Waals surface area contributed by atoms with E-state index in [-0.39, 0.29) is 11.2 Å². The van der Waals surface area contributed by atoms with Crippen LogP contribution in [0.1, 0.15) is 0 Å². The number of nitrogens with one attached hydrogen (secondary N) is 2. The number of halogens is 4. The Labute approximate surface area is 198 Å². The number of nitrogens with zero attached hydrogens (tertiary/aromatic N) is 4. The van der Waals surface area contributed by atoms with Crippen molar-refractivity contribution in [1.82, 2.24) is 24.4 Å². The van der Waals surface area contributed by atoms with E-state index in [1.807, 2.05) is 4.90 Å². The highest BCUT2D eigenvalue weighted by molar-refractivity contribution is 6.32. The lowest BCUT2D eigenvalue weighted by atomic mass is 10.3. The number of piperazine rings is 1. The maximum absolute atomic E-state index is 12.7. The number of carboxylic acid groups (broad SMARTS) is 1. The van der Waals surface area contributed by atoms with E-state index in [2.05, 4.69) is 15.3 Å². The Balaban J connectivity index is 0.000000429. The number of aromatic nitrogens is 4. The summed E-state index contributed by atoms with van der Waals surface area (Å²) in [6.07, 6.45) is -5.08. The molecule has 1 fully saturated rings. The molecule has 0 unspecified atom stereocenters. The highest BCUT2D eigenvalue weighted by Gasteiger charge is 2.38. The largest absolute Gasteiger partial charge is 0.490 e. The van der Waals surface area contributed by atoms with E-state index in [1.54, 1.807) is 28.8 Å². The van der Waals surface area contributed by atoms with Gasteiger partial charge in [-0.15, -0.1) is 0 Å². The van der Waals surface area contributed by atoms with E-state index in [0.29, 0.717) is 29.7 Å². The maximum Gasteiger partial charge on any atom is 0.490 e. The van der Waals surface area contributed by atoms with Crippen molar-refractivity contribution in [1.29, 1.82) is 0 Å². The van der Waals surface area contributed by atoms with Gasteiger partial charge >= 0.3 is 17.8 Å². The third-order valence-electron chi connectivity index (χ3n) is 4.83. The minimum absolute atomic E-state index is 0.0843. The van der Waals surface area contributed by atoms with Crippen molar-refractivity contribution in [3.05, 3.63) is 50.1 Å². The van der Waals surface area contributed by atoms with Gasteiger partial charge in [-0.05, 0) is 12.1 Å². The van der Waals surface area contributed by atoms with Crippen LogP contribution in [-0.2, 0) is 16.1 Å². The van der Waals surface area contributed by atoms with Gasteiger partial charge in [-0.1, -0.05) is 23.7 Å². The van der Waals surface area contributed by atoms with E-state index in [0.717, 1.165) is 17.7 Å². The van der Waals surface area contributed by atoms with Crippen LogP contribution in [0.15, 0.2) is 33.9 Å². The molecule has 0 spiro atoms. The number of benzene rings is 1. The van der Waals surface area contributed by atoms with Crippen LogP contribution >= 0.6 is 11.6 Å². The van der Waals surface area contributed by atoms with Gasteiger partial charge in [0.2, 0.25) is 11.9 Å². The van der Waals surface area contributed by atoms with Gasteiger partial charge in [-0.25, -0.2) is 9.59 Å². The fraction of sp³-hybridized carbons (Fsp3) is 0.316. The molecule has 0 atom stereocenters. The Morgan fingerprint density at radius 1 is 1.17 bits per heavy atom. The molecule has 1 aliphatic rings. The molecule has 1 saturated heterocycles. The summed E-state index contributed by atoms with van der Waals surface area (Å²) in [4.78, 5) is 54.2. The van der Waals surface area contributed by atoms with Crippen LogP contribution in [-0.4, -0.2) is 68.4 Å². The number of anilines is 1. The maximum atomic E-state index is 12.7. The molecule has 0 bridgehead atoms. The lowest BCUT2D eigenvalue weighted by Gasteiger charge is -2.28. The van der Waals surface area contributed by atoms with Gasteiger partial charge < -0.3 is 21.1 Å². The lowest BCUT2D eigenvalue weighted by Crippen LogP contribution is -2.44. The number of alkyl halides is 3. The van der Waals surface area contributed by atoms with Crippen LogP contribution in [0, 0.1) is 0 Å². The molecule has 12 nitrogen and oxygen atoms in total. The van der Waals surface area contributed by atoms with Gasteiger partial charge in [0.15, 0.2) is 11.2 Å². The second-order valence-corrected chi connectivity index (χ2v) is 7.63. The van der Waals surface area contributed by atoms with Gasteiger partial charge in [0.25, 0.3) is 5.56 Å². The van der Waals surface area contributed by atoms with Crippen molar-refractivity contribution >= 4 is 40.6 Å². The smallest absolute Gasteiger partial charge is 0.475 e. The first-order chi connectivity index (χ1) is 16.4. The van der Waals surface area contributed by atoms with Crippen molar-refractivity contribution in [3.8, 4) is 5.69 Å². The number of imidazole rings is 1. The molecule has 2 aromatic heterocycles. The van der Waals surface area contributed by atoms with Crippen molar-refractivity contribution < 1.29 is 27.9 Å². The van der Waals surface area contributed by atoms with Crippen LogP contribution in [0.5, 0.6) is 0 Å². The fourth-order valence-electron chi connectivity index (χ4n) is 3.35. The predicted octanol–water partition coefficient (Wildman–Crippen LogP) is 0.0571. The summed E-state index contributed by atoms with van der Waals surface area (Å²) < 4.78 is 34.4. The number of nitrogens with two attached hydrogens (primary N) is 1. The summed E-state index contributed by atoms with van der Waals surface area (Å²) in [5.41, 5.74) is 4.68. The van der Waals surface area contributed by atoms with Crippen molar-refractivity contribution in [2.45, 2.75) is 12.7 Å². The number of primary amides is 1. The zero-order chi connectivity index (χ0) is 25.9. The first-order valence-corrected chi connectivity index (χ1v) is 10.3. The number of hydrogen-bond acceptors (Lipinski definition) is 7. The van der Waals surface area contributed by atoms with Gasteiger partial charge in [-0.2, -0.15) is 18.2 Å². The van der Waals surface area contributed by atoms with Crippen LogP contribution in [0.4, 0.5) is 19.1 Å². The number of carboxylic acids is 1. The minimum atomic E-state index is -5.08. The number of carbonyl (C=O) groups is 2. The topological polar surface area (TPSA) is 168 Å². The number of aliphatic carboxylic acids is 1. The van der Waals surface area contributed by atoms with Crippen LogP contribution in [0.3, 0.4) is 0 Å². The monoisotopic (exact) mass is 517 g/mol. The van der Waals surface area contributed by atoms with Crippen molar-refractivity contribution in [2.75, 3.05) is 31.1 Å². The van der Waals surface area contributed by atoms with E-state index in [9.17, 15) is 27.6 Å². The molecule has 0 aliphatic carbocycles. The van der Waals surface area contributed by atoms with Gasteiger partial charge in [0, 0.05) is 26.2 Å². The second kappa shape index (κ2) is 10.2. The Kier molecular flexibility index (Phi) is 7.50. The molecule has 188 valence electrons. The number of aromatic amines is 1. The normalized spacial score (nSPS) is 13.9. The molecule has 1 aliphatic heterocycles. The summed E-state index contributed by atoms with van der Waals surface area (Å²) in [6.45, 7) is 2.41. The summed E-state index contributed by atoms with van der Waals surface area (Å²) in [5, 5.41) is 10.8. The van der Waals surface area contributed by atoms with E-state index < -0.39 is 35.8 Å². The van der Waals surface area contributed by atoms with Crippen LogP contribution < -0.4 is 27.2 Å². The summed E-state index contributed by atoms with van der Waals surface area (Å²) >= 11 is 6.40. The Morgan fingerprint density at radius 2 is 1.77 bits per heavy atom. The van der Waals surface area contributed by atoms with E-state index in [1.165, 1.54) is 0 Å². The third-order valence-corrected chi connectivity index (χ3v) is 5.15. The average Bonchev–Trinajstić information content (AvgIpc) is 3.18. The fourth-order valence-corrected chi connectivity index (χ4v) is 3.57. The highest BCUT2D eigenvalue weighted by atomic mass is 35.5. The van der Waals surface area contributed by atoms with Crippen molar-refractivity contribution in [3.63, 3.8) is 0 Å². The molecule has 0 saturated carbocycles. The first kappa shape index (κ1) is 25.8. The number of carbonyl (C=O) groups excluding carboxylic acids is 1. The minimum Gasteiger partial charge on any atom is -0.475 e. The summed E-state index contributed by atoms with van der Waals surface area (Å²) in [7, 11) is 0. The van der Waals surface area contributed by atoms with E-state index in [4.69, 9.17) is 27.2 Å². The van der Waals surface area contributed by atoms with Crippen molar-refractivity contribution in [2.24, 2.45) is 5.73 Å². The standard InChI is InChI=1S/C17H18ClN7O3.C2HF3O2/c18-10-3-1-2-4-11(10)25-13-14(21-16(25)23-7-5-20-6-8-23)24(9-12(19)26)17(28)22-15(13)27;3-2(4,5)1(6)7/h1-4,20H,5-9H2,(H2,19,26)(H,22,27,28);(H,6,7). The summed E-state index contributed by atoms with van der Waals surface area (Å²) in [6, 6.07) is 7.04. The molecule has 4 rings (SSSR count). The molecule has 5 N–H and O–H groups in total. The Hall–Kier alpha value is -3.85. The quantitative estimate of drug-likeness (QED) is 0.376. The number of para-hydroxylation sites is 1. The van der Waals surface area contributed by atoms with Crippen LogP contribution in [0.25, 0.3) is 16.9 Å². The first-order valence-electron chi connectivity index (χ1n) is 9.96. The number of amides is 1.